The number of phenols is 1. The fourth-order valence-electron chi connectivity index (χ4n) is 5.28. The highest BCUT2D eigenvalue weighted by Crippen LogP contribution is 2.42. The minimum Gasteiger partial charge on any atom is -0.505 e. The maximum Gasteiger partial charge on any atom is 0.491 e. The molecule has 1 saturated heterocycles. The van der Waals surface area contributed by atoms with E-state index in [1.54, 1.807) is 17.0 Å². The van der Waals surface area contributed by atoms with Gasteiger partial charge in [-0.3, -0.25) is 10.2 Å². The number of Topliss-reactive ketones (excluding diaryl/α,β-unsaturated/α-hetero) is 1. The van der Waals surface area contributed by atoms with E-state index in [0.29, 0.717) is 29.8 Å². The molecule has 0 aliphatic carbocycles. The molecule has 15 heteroatoms. The Morgan fingerprint density at radius 1 is 1.09 bits per heavy atom. The van der Waals surface area contributed by atoms with Crippen LogP contribution in [-0.4, -0.2) is 86.3 Å². The van der Waals surface area contributed by atoms with Gasteiger partial charge >= 0.3 is 18.1 Å². The van der Waals surface area contributed by atoms with Gasteiger partial charge in [0.05, 0.1) is 38.1 Å². The number of carbonyl (C=O) groups is 3. The number of anilines is 1. The molecule has 2 aromatic carbocycles. The first-order valence-electron chi connectivity index (χ1n) is 13.8. The Hall–Kier alpha value is -4.40. The van der Waals surface area contributed by atoms with Crippen LogP contribution < -0.4 is 14.4 Å². The van der Waals surface area contributed by atoms with Gasteiger partial charge in [-0.05, 0) is 35.6 Å². The summed E-state index contributed by atoms with van der Waals surface area (Å²) >= 11 is 0. The number of rotatable bonds is 9. The first-order chi connectivity index (χ1) is 21.0. The van der Waals surface area contributed by atoms with E-state index in [4.69, 9.17) is 19.6 Å². The van der Waals surface area contributed by atoms with Crippen molar-refractivity contribution in [2.45, 2.75) is 51.4 Å². The van der Waals surface area contributed by atoms with E-state index in [-0.39, 0.29) is 53.8 Å². The van der Waals surface area contributed by atoms with Crippen molar-refractivity contribution >= 4 is 29.2 Å². The molecule has 2 aliphatic heterocycles. The molecule has 45 heavy (non-hydrogen) atoms. The van der Waals surface area contributed by atoms with Gasteiger partial charge in [-0.1, -0.05) is 20.8 Å². The molecule has 1 fully saturated rings. The maximum absolute atomic E-state index is 15.2. The Balaban J connectivity index is 1.52. The Bertz CT molecular complexity index is 1540. The number of halogens is 4. The Labute approximate surface area is 256 Å². The lowest BCUT2D eigenvalue weighted by Gasteiger charge is -2.27. The summed E-state index contributed by atoms with van der Waals surface area (Å²) in [5, 5.41) is 19.8. The number of nitrogens with one attached hydrogen (secondary N) is 1. The molecule has 244 valence electrons. The average Bonchev–Trinajstić information content (AvgIpc) is 3.54. The van der Waals surface area contributed by atoms with Gasteiger partial charge in [0.25, 0.3) is 0 Å². The largest absolute Gasteiger partial charge is 0.505 e. The van der Waals surface area contributed by atoms with Crippen molar-refractivity contribution in [2.75, 3.05) is 45.4 Å². The number of esters is 2. The highest BCUT2D eigenvalue weighted by atomic mass is 19.4. The second-order valence-corrected chi connectivity index (χ2v) is 11.7. The van der Waals surface area contributed by atoms with Crippen LogP contribution in [-0.2, 0) is 31.0 Å². The van der Waals surface area contributed by atoms with Gasteiger partial charge in [0, 0.05) is 30.8 Å². The number of ether oxygens (including phenoxy) is 4. The number of hydrogen-bond acceptors (Lipinski definition) is 10. The monoisotopic (exact) mass is 639 g/mol. The summed E-state index contributed by atoms with van der Waals surface area (Å²) in [6.45, 7) is 4.89. The first kappa shape index (κ1) is 33.5. The Morgan fingerprint density at radius 3 is 2.38 bits per heavy atom. The van der Waals surface area contributed by atoms with Crippen LogP contribution in [0.1, 0.15) is 54.2 Å². The number of methoxy groups -OCH3 is 2. The topological polar surface area (TPSA) is 139 Å². The number of phenolic OH excluding ortho intramolecular Hbond substituents is 1. The molecule has 2 aromatic rings. The molecule has 2 N–H and O–H groups in total. The van der Waals surface area contributed by atoms with Crippen LogP contribution in [0.2, 0.25) is 0 Å². The number of fused-ring (bicyclic) bond motifs is 1. The van der Waals surface area contributed by atoms with Crippen molar-refractivity contribution in [3.63, 3.8) is 0 Å². The molecule has 2 heterocycles. The number of carbonyl (C=O) groups excluding carboxylic acids is 3. The molecule has 0 radical (unpaired) electrons. The number of nitrogens with zero attached hydrogens (tertiary/aromatic N) is 2. The molecule has 0 spiro atoms. The van der Waals surface area contributed by atoms with E-state index >= 15 is 4.39 Å². The van der Waals surface area contributed by atoms with E-state index in [2.05, 4.69) is 4.74 Å². The van der Waals surface area contributed by atoms with Crippen LogP contribution in [0.3, 0.4) is 0 Å². The summed E-state index contributed by atoms with van der Waals surface area (Å²) in [4.78, 5) is 39.3. The van der Waals surface area contributed by atoms with E-state index in [1.165, 1.54) is 25.2 Å². The third-order valence-corrected chi connectivity index (χ3v) is 7.52. The quantitative estimate of drug-likeness (QED) is 0.179. The molecule has 4 rings (SSSR count). The van der Waals surface area contributed by atoms with Crippen molar-refractivity contribution in [3.05, 3.63) is 46.3 Å². The lowest BCUT2D eigenvalue weighted by molar-refractivity contribution is -0.203. The van der Waals surface area contributed by atoms with Gasteiger partial charge in [0.15, 0.2) is 23.1 Å². The lowest BCUT2D eigenvalue weighted by Crippen LogP contribution is -2.31. The van der Waals surface area contributed by atoms with Crippen molar-refractivity contribution in [2.24, 2.45) is 0 Å². The SMILES string of the molecule is COc1cc2c(c(F)c1OC)C(=N)N(CC(=O)c1cc(N3CCC(OCC(=O)OC(=O)C(F)(F)F)C3)c(O)c(C(C)(C)C)c1)C2. The third-order valence-electron chi connectivity index (χ3n) is 7.52. The van der Waals surface area contributed by atoms with Crippen LogP contribution in [0, 0.1) is 11.2 Å². The van der Waals surface area contributed by atoms with Gasteiger partial charge in [-0.15, -0.1) is 0 Å². The molecule has 1 atom stereocenters. The number of benzene rings is 2. The van der Waals surface area contributed by atoms with Crippen LogP contribution in [0.25, 0.3) is 0 Å². The van der Waals surface area contributed by atoms with Crippen molar-refractivity contribution in [3.8, 4) is 17.2 Å². The molecular weight excluding hydrogens is 606 g/mol. The summed E-state index contributed by atoms with van der Waals surface area (Å²) in [6, 6.07) is 4.62. The van der Waals surface area contributed by atoms with Gasteiger partial charge in [0.2, 0.25) is 0 Å². The van der Waals surface area contributed by atoms with E-state index in [1.807, 2.05) is 20.8 Å². The van der Waals surface area contributed by atoms with Gasteiger partial charge < -0.3 is 33.9 Å². The van der Waals surface area contributed by atoms with E-state index in [9.17, 15) is 32.7 Å². The molecule has 0 saturated carbocycles. The minimum absolute atomic E-state index is 0.0111. The highest BCUT2D eigenvalue weighted by molar-refractivity contribution is 6.06. The van der Waals surface area contributed by atoms with Gasteiger partial charge in [-0.25, -0.2) is 14.0 Å². The molecule has 0 bridgehead atoms. The lowest BCUT2D eigenvalue weighted by atomic mass is 9.84. The number of amidine groups is 1. The zero-order valence-electron chi connectivity index (χ0n) is 25.3. The van der Waals surface area contributed by atoms with E-state index in [0.717, 1.165) is 0 Å². The fraction of sp³-hybridized carbons (Fsp3) is 0.467. The Kier molecular flexibility index (Phi) is 9.33. The Morgan fingerprint density at radius 2 is 1.78 bits per heavy atom. The minimum atomic E-state index is -5.32. The second-order valence-electron chi connectivity index (χ2n) is 11.7. The molecule has 2 aliphatic rings. The van der Waals surface area contributed by atoms with Crippen molar-refractivity contribution in [1.29, 1.82) is 5.41 Å². The van der Waals surface area contributed by atoms with Crippen LogP contribution in [0.5, 0.6) is 17.2 Å². The zero-order valence-corrected chi connectivity index (χ0v) is 25.3. The predicted molar refractivity (Wildman–Crippen MR) is 152 cm³/mol. The van der Waals surface area contributed by atoms with Crippen molar-refractivity contribution in [1.82, 2.24) is 4.90 Å². The zero-order chi connectivity index (χ0) is 33.4. The maximum atomic E-state index is 15.2. The van der Waals surface area contributed by atoms with Crippen LogP contribution in [0.4, 0.5) is 23.2 Å². The number of aromatic hydroxyl groups is 1. The average molecular weight is 640 g/mol. The summed E-state index contributed by atoms with van der Waals surface area (Å²) < 4.78 is 71.6. The van der Waals surface area contributed by atoms with Crippen LogP contribution >= 0.6 is 0 Å². The second kappa shape index (κ2) is 12.5. The van der Waals surface area contributed by atoms with E-state index < -0.39 is 47.8 Å². The molecule has 1 unspecified atom stereocenters. The summed E-state index contributed by atoms with van der Waals surface area (Å²) in [6.07, 6.45) is -5.64. The standard InChI is InChI=1S/C30H33F4N3O8/c1-29(2,3)18-8-15(20(38)13-37-11-16-10-21(42-4)26(43-5)24(31)23(16)27(37)35)9-19(25(18)40)36-7-6-17(12-36)44-14-22(39)45-28(41)30(32,33)34/h8-10,17,35,40H,6-7,11-14H2,1-5H3. The fourth-order valence-corrected chi connectivity index (χ4v) is 5.28. The molecule has 11 nitrogen and oxygen atoms in total. The summed E-state index contributed by atoms with van der Waals surface area (Å²) in [7, 11) is 2.65. The third kappa shape index (κ3) is 6.97. The summed E-state index contributed by atoms with van der Waals surface area (Å²) in [5.41, 5.74) is 0.850. The molecular formula is C30H33F4N3O8. The first-order valence-corrected chi connectivity index (χ1v) is 13.8. The number of hydrogen-bond donors (Lipinski definition) is 2. The van der Waals surface area contributed by atoms with Gasteiger partial charge in [0.1, 0.15) is 18.2 Å². The molecule has 0 amide bonds. The smallest absolute Gasteiger partial charge is 0.491 e. The van der Waals surface area contributed by atoms with Crippen molar-refractivity contribution < 1.29 is 56.0 Å². The predicted octanol–water partition coefficient (Wildman–Crippen LogP) is 4.10. The normalized spacial score (nSPS) is 16.6. The highest BCUT2D eigenvalue weighted by Gasteiger charge is 2.42. The van der Waals surface area contributed by atoms with Gasteiger partial charge in [-0.2, -0.15) is 13.2 Å². The summed E-state index contributed by atoms with van der Waals surface area (Å²) in [5.74, 6) is -5.56. The molecule has 0 aromatic heterocycles. The number of ketones is 1. The van der Waals surface area contributed by atoms with Crippen LogP contribution in [0.15, 0.2) is 18.2 Å². The number of alkyl halides is 3.